The van der Waals surface area contributed by atoms with Gasteiger partial charge in [0.25, 0.3) is 5.91 Å². The molecule has 1 unspecified atom stereocenters. The molecule has 2 aromatic rings. The van der Waals surface area contributed by atoms with E-state index in [1.54, 1.807) is 6.07 Å². The molecule has 10 heteroatoms. The second-order valence-corrected chi connectivity index (χ2v) is 8.04. The van der Waals surface area contributed by atoms with Crippen molar-refractivity contribution in [2.24, 2.45) is 0 Å². The number of hydrogen-bond donors (Lipinski definition) is 3. The molecule has 1 aliphatic heterocycles. The number of ketones is 1. The van der Waals surface area contributed by atoms with E-state index in [9.17, 15) is 24.3 Å². The van der Waals surface area contributed by atoms with Crippen molar-refractivity contribution in [2.45, 2.75) is 32.4 Å². The van der Waals surface area contributed by atoms with Crippen LogP contribution in [0.15, 0.2) is 48.7 Å². The average molecular weight is 490 g/mol. The first-order chi connectivity index (χ1) is 16.1. The summed E-state index contributed by atoms with van der Waals surface area (Å²) in [5, 5.41) is 14.5. The summed E-state index contributed by atoms with van der Waals surface area (Å²) in [6, 6.07) is 8.18. The number of aliphatic carboxylic acids is 1. The van der Waals surface area contributed by atoms with Crippen LogP contribution in [0.4, 0.5) is 4.79 Å². The van der Waals surface area contributed by atoms with Crippen molar-refractivity contribution in [3.63, 3.8) is 0 Å². The number of ether oxygens (including phenoxy) is 1. The van der Waals surface area contributed by atoms with Crippen LogP contribution in [0.3, 0.4) is 0 Å². The number of carboxylic acids is 1. The maximum Gasteiger partial charge on any atom is 1.00 e. The molecule has 0 fully saturated rings. The number of aryl methyl sites for hydroxylation is 1. The van der Waals surface area contributed by atoms with E-state index in [1.807, 2.05) is 44.2 Å². The monoisotopic (exact) mass is 489 g/mol. The molecule has 3 amide bonds. The van der Waals surface area contributed by atoms with Gasteiger partial charge in [-0.25, -0.2) is 4.79 Å². The van der Waals surface area contributed by atoms with Crippen molar-refractivity contribution in [1.29, 1.82) is 0 Å². The summed E-state index contributed by atoms with van der Waals surface area (Å²) in [5.74, 6) is -1.88. The Kier molecular flexibility index (Phi) is 9.64. The molecule has 35 heavy (non-hydrogen) atoms. The zero-order valence-corrected chi connectivity index (χ0v) is 22.4. The van der Waals surface area contributed by atoms with Gasteiger partial charge in [-0.05, 0) is 42.2 Å². The number of carbonyl (C=O) groups is 4. The summed E-state index contributed by atoms with van der Waals surface area (Å²) in [6.45, 7) is 3.81. The van der Waals surface area contributed by atoms with Crippen molar-refractivity contribution in [2.75, 3.05) is 14.2 Å². The van der Waals surface area contributed by atoms with Crippen molar-refractivity contribution < 1.29 is 60.0 Å². The van der Waals surface area contributed by atoms with Gasteiger partial charge < -0.3 is 26.8 Å². The van der Waals surface area contributed by atoms with Gasteiger partial charge in [0.1, 0.15) is 5.75 Å². The number of nitrogens with zero attached hydrogens (tertiary/aromatic N) is 1. The second-order valence-electron chi connectivity index (χ2n) is 8.04. The van der Waals surface area contributed by atoms with Crippen LogP contribution in [-0.4, -0.2) is 53.9 Å². The molecule has 3 rings (SSSR count). The van der Waals surface area contributed by atoms with Crippen LogP contribution in [-0.2, 0) is 14.4 Å². The molecular weight excluding hydrogens is 461 g/mol. The van der Waals surface area contributed by atoms with E-state index in [1.165, 1.54) is 31.3 Å². The summed E-state index contributed by atoms with van der Waals surface area (Å²) in [5.41, 5.74) is 4.12. The zero-order chi connectivity index (χ0) is 25.0. The van der Waals surface area contributed by atoms with E-state index < -0.39 is 42.2 Å². The third kappa shape index (κ3) is 6.30. The van der Waals surface area contributed by atoms with Gasteiger partial charge in [-0.15, -0.1) is 0 Å². The minimum atomic E-state index is -1.39. The summed E-state index contributed by atoms with van der Waals surface area (Å²) in [7, 11) is 2.93. The van der Waals surface area contributed by atoms with Crippen molar-refractivity contribution >= 4 is 23.7 Å². The van der Waals surface area contributed by atoms with Crippen molar-refractivity contribution in [3.05, 3.63) is 65.4 Å². The van der Waals surface area contributed by atoms with Crippen LogP contribution >= 0.6 is 0 Å². The van der Waals surface area contributed by atoms with Crippen LogP contribution in [0, 0.1) is 13.8 Å². The molecule has 1 heterocycles. The number of hydrogen-bond acceptors (Lipinski definition) is 5. The fraction of sp³-hybridized carbons (Fsp3) is 0.280. The number of urea groups is 1. The van der Waals surface area contributed by atoms with Crippen LogP contribution in [0.25, 0.3) is 11.1 Å². The Hall–Kier alpha value is -3.14. The molecule has 0 aromatic heterocycles. The van der Waals surface area contributed by atoms with Gasteiger partial charge in [0.15, 0.2) is 11.8 Å². The molecule has 9 nitrogen and oxygen atoms in total. The zero-order valence-electron chi connectivity index (χ0n) is 21.4. The second kappa shape index (κ2) is 12.0. The smallest absolute Gasteiger partial charge is 1.00 e. The molecule has 2 aromatic carbocycles. The first-order valence-electron chi connectivity index (χ1n) is 10.6. The summed E-state index contributed by atoms with van der Waals surface area (Å²) >= 11 is 0. The van der Waals surface area contributed by atoms with Gasteiger partial charge in [-0.2, -0.15) is 0 Å². The summed E-state index contributed by atoms with van der Waals surface area (Å²) < 4.78 is 5.50. The predicted octanol–water partition coefficient (Wildman–Crippen LogP) is -0.166. The number of benzene rings is 2. The average Bonchev–Trinajstić information content (AvgIpc) is 2.79. The van der Waals surface area contributed by atoms with Crippen LogP contribution < -0.4 is 44.9 Å². The molecule has 0 bridgehead atoms. The Labute approximate surface area is 227 Å². The molecular formula is C25H28N3NaO6. The SMILES string of the molecule is COc1ccc(-c2ccccc2C)c(C)c1[C@H](CC(=O)O)NC(=O)NC1C(=O)C=CN(C)C1=O.[H-].[Na+]. The number of methoxy groups -OCH3 is 1. The van der Waals surface area contributed by atoms with Gasteiger partial charge in [-0.3, -0.25) is 14.4 Å². The molecule has 180 valence electrons. The van der Waals surface area contributed by atoms with E-state index in [2.05, 4.69) is 10.6 Å². The number of rotatable bonds is 7. The standard InChI is InChI=1S/C25H27N3O6.Na.H/c1-14-7-5-6-8-16(14)17-9-10-20(34-4)22(15(17)2)18(13-21(30)31)26-25(33)27-23-19(29)11-12-28(3)24(23)32;;/h5-12,18,23H,13H2,1-4H3,(H,30,31)(H2,26,27,33);;/q;+1;-1/t18-,23?;;/m0../s1. The van der Waals surface area contributed by atoms with Crippen molar-refractivity contribution in [1.82, 2.24) is 15.5 Å². The maximum atomic E-state index is 12.8. The topological polar surface area (TPSA) is 125 Å². The van der Waals surface area contributed by atoms with E-state index in [4.69, 9.17) is 4.74 Å². The first kappa shape index (κ1) is 28.1. The Morgan fingerprint density at radius 2 is 1.83 bits per heavy atom. The normalized spacial score (nSPS) is 15.8. The number of likely N-dealkylation sites (N-methyl/N-ethyl adjacent to an activating group) is 1. The molecule has 0 spiro atoms. The number of carbonyl (C=O) groups excluding carboxylic acids is 3. The Morgan fingerprint density at radius 1 is 1.14 bits per heavy atom. The third-order valence-electron chi connectivity index (χ3n) is 5.78. The van der Waals surface area contributed by atoms with E-state index in [-0.39, 0.29) is 31.0 Å². The van der Waals surface area contributed by atoms with Crippen LogP contribution in [0.2, 0.25) is 0 Å². The largest absolute Gasteiger partial charge is 1.00 e. The minimum absolute atomic E-state index is 0. The first-order valence-corrected chi connectivity index (χ1v) is 10.6. The van der Waals surface area contributed by atoms with E-state index >= 15 is 0 Å². The van der Waals surface area contributed by atoms with Crippen LogP contribution in [0.1, 0.15) is 30.6 Å². The van der Waals surface area contributed by atoms with E-state index in [0.717, 1.165) is 22.3 Å². The molecule has 0 saturated carbocycles. The van der Waals surface area contributed by atoms with Gasteiger partial charge in [-0.1, -0.05) is 30.3 Å². The Balaban J connectivity index is 0.00000324. The number of amides is 3. The number of nitrogens with one attached hydrogen (secondary N) is 2. The summed E-state index contributed by atoms with van der Waals surface area (Å²) in [4.78, 5) is 50.1. The molecule has 2 atom stereocenters. The van der Waals surface area contributed by atoms with Crippen LogP contribution in [0.5, 0.6) is 5.75 Å². The van der Waals surface area contributed by atoms with Gasteiger partial charge in [0, 0.05) is 24.9 Å². The molecule has 0 saturated heterocycles. The molecule has 3 N–H and O–H groups in total. The molecule has 0 aliphatic carbocycles. The fourth-order valence-corrected chi connectivity index (χ4v) is 4.03. The maximum absolute atomic E-state index is 12.8. The summed E-state index contributed by atoms with van der Waals surface area (Å²) in [6.07, 6.45) is 2.08. The van der Waals surface area contributed by atoms with Crippen molar-refractivity contribution in [3.8, 4) is 16.9 Å². The van der Waals surface area contributed by atoms with Gasteiger partial charge >= 0.3 is 41.6 Å². The molecule has 1 aliphatic rings. The number of carboxylic acid groups (broad SMARTS) is 1. The predicted molar refractivity (Wildman–Crippen MR) is 126 cm³/mol. The minimum Gasteiger partial charge on any atom is -1.00 e. The Bertz CT molecular complexity index is 1190. The Morgan fingerprint density at radius 3 is 2.46 bits per heavy atom. The van der Waals surface area contributed by atoms with Gasteiger partial charge in [0.2, 0.25) is 0 Å². The fourth-order valence-electron chi connectivity index (χ4n) is 4.03. The van der Waals surface area contributed by atoms with Gasteiger partial charge in [0.05, 0.1) is 19.6 Å². The third-order valence-corrected chi connectivity index (χ3v) is 5.78. The quantitative estimate of drug-likeness (QED) is 0.367. The van der Waals surface area contributed by atoms with E-state index in [0.29, 0.717) is 11.3 Å². The molecule has 0 radical (unpaired) electrons.